The molecule has 17 heavy (non-hydrogen) atoms. The Morgan fingerprint density at radius 1 is 0.824 bits per heavy atom. The van der Waals surface area contributed by atoms with Crippen molar-refractivity contribution in [3.05, 3.63) is 48.6 Å². The molecule has 1 aromatic rings. The van der Waals surface area contributed by atoms with Gasteiger partial charge in [0.05, 0.1) is 0 Å². The normalized spacial score (nSPS) is 13.5. The summed E-state index contributed by atoms with van der Waals surface area (Å²) in [5, 5.41) is 0. The zero-order chi connectivity index (χ0) is 13.3. The van der Waals surface area contributed by atoms with E-state index in [-0.39, 0.29) is 6.08 Å². The summed E-state index contributed by atoms with van der Waals surface area (Å²) in [5.74, 6) is 0. The van der Waals surface area contributed by atoms with E-state index in [0.717, 1.165) is 24.3 Å². The third-order valence-corrected chi connectivity index (χ3v) is 2.43. The maximum Gasteiger partial charge on any atom is 0.410 e. The number of alkyl halides is 6. The Balaban J connectivity index is 3.55. The van der Waals surface area contributed by atoms with Gasteiger partial charge in [0.25, 0.3) is 0 Å². The van der Waals surface area contributed by atoms with Gasteiger partial charge in [0.2, 0.25) is 5.41 Å². The molecule has 6 heteroatoms. The molecule has 0 N–H and O–H groups in total. The van der Waals surface area contributed by atoms with Crippen molar-refractivity contribution < 1.29 is 26.3 Å². The molecule has 0 atom stereocenters. The molecule has 0 fully saturated rings. The third kappa shape index (κ3) is 2.03. The highest BCUT2D eigenvalue weighted by molar-refractivity contribution is 5.35. The molecule has 0 nitrogen and oxygen atoms in total. The van der Waals surface area contributed by atoms with Gasteiger partial charge in [0, 0.05) is 0 Å². The topological polar surface area (TPSA) is 0 Å². The fourth-order valence-corrected chi connectivity index (χ4v) is 1.54. The Hall–Kier alpha value is -1.46. The number of allylic oxidation sites excluding steroid dienone is 1. The van der Waals surface area contributed by atoms with Crippen molar-refractivity contribution in [1.82, 2.24) is 0 Å². The largest absolute Gasteiger partial charge is 0.410 e. The summed E-state index contributed by atoms with van der Waals surface area (Å²) in [6.45, 7) is 2.70. The molecular weight excluding hydrogens is 246 g/mol. The first-order valence-electron chi connectivity index (χ1n) is 4.49. The predicted molar refractivity (Wildman–Crippen MR) is 50.4 cm³/mol. The quantitative estimate of drug-likeness (QED) is 0.547. The lowest BCUT2D eigenvalue weighted by molar-refractivity contribution is -0.286. The Morgan fingerprint density at radius 2 is 1.24 bits per heavy atom. The summed E-state index contributed by atoms with van der Waals surface area (Å²) >= 11 is 0. The van der Waals surface area contributed by atoms with Crippen LogP contribution in [-0.2, 0) is 5.41 Å². The Morgan fingerprint density at radius 3 is 1.53 bits per heavy atom. The number of hydrogen-bond donors (Lipinski definition) is 0. The predicted octanol–water partition coefficient (Wildman–Crippen LogP) is 4.24. The van der Waals surface area contributed by atoms with Crippen molar-refractivity contribution in [2.75, 3.05) is 0 Å². The van der Waals surface area contributed by atoms with Crippen molar-refractivity contribution >= 4 is 0 Å². The maximum absolute atomic E-state index is 12.8. The smallest absolute Gasteiger partial charge is 0.169 e. The van der Waals surface area contributed by atoms with Crippen LogP contribution < -0.4 is 0 Å². The summed E-state index contributed by atoms with van der Waals surface area (Å²) < 4.78 is 76.6. The first-order chi connectivity index (χ1) is 7.67. The first kappa shape index (κ1) is 13.6. The number of halogens is 6. The van der Waals surface area contributed by atoms with E-state index >= 15 is 0 Å². The molecule has 0 saturated heterocycles. The van der Waals surface area contributed by atoms with Crippen LogP contribution in [0, 0.1) is 0 Å². The third-order valence-electron chi connectivity index (χ3n) is 2.43. The fourth-order valence-electron chi connectivity index (χ4n) is 1.54. The van der Waals surface area contributed by atoms with E-state index in [1.807, 2.05) is 0 Å². The molecule has 0 unspecified atom stereocenters. The molecule has 0 amide bonds. The van der Waals surface area contributed by atoms with Crippen LogP contribution in [0.25, 0.3) is 0 Å². The highest BCUT2D eigenvalue weighted by Gasteiger charge is 2.69. The van der Waals surface area contributed by atoms with Crippen molar-refractivity contribution in [3.63, 3.8) is 0 Å². The summed E-state index contributed by atoms with van der Waals surface area (Å²) in [6.07, 6.45) is -11.1. The Kier molecular flexibility index (Phi) is 3.27. The molecule has 94 valence electrons. The van der Waals surface area contributed by atoms with Gasteiger partial charge < -0.3 is 0 Å². The van der Waals surface area contributed by atoms with E-state index in [9.17, 15) is 26.3 Å². The molecule has 0 saturated carbocycles. The van der Waals surface area contributed by atoms with Gasteiger partial charge in [0.15, 0.2) is 0 Å². The van der Waals surface area contributed by atoms with Gasteiger partial charge in [-0.05, 0) is 5.56 Å². The second-order valence-electron chi connectivity index (χ2n) is 3.37. The van der Waals surface area contributed by atoms with E-state index in [1.165, 1.54) is 6.07 Å². The van der Waals surface area contributed by atoms with E-state index in [0.29, 0.717) is 0 Å². The summed E-state index contributed by atoms with van der Waals surface area (Å²) in [7, 11) is 0. The van der Waals surface area contributed by atoms with Gasteiger partial charge in [-0.1, -0.05) is 36.4 Å². The standard InChI is InChI=1S/C11H8F6/c1-2-9(10(12,13)14,11(15,16)17)8-6-4-3-5-7-8/h2-7H,1H2. The van der Waals surface area contributed by atoms with Crippen LogP contribution >= 0.6 is 0 Å². The van der Waals surface area contributed by atoms with Crippen LogP contribution in [0.3, 0.4) is 0 Å². The molecule has 0 bridgehead atoms. The molecule has 0 radical (unpaired) electrons. The molecule has 1 aromatic carbocycles. The van der Waals surface area contributed by atoms with Crippen molar-refractivity contribution in [1.29, 1.82) is 0 Å². The van der Waals surface area contributed by atoms with Gasteiger partial charge in [-0.2, -0.15) is 26.3 Å². The minimum atomic E-state index is -5.49. The van der Waals surface area contributed by atoms with Crippen LogP contribution in [0.5, 0.6) is 0 Å². The Bertz CT molecular complexity index is 373. The van der Waals surface area contributed by atoms with E-state index in [4.69, 9.17) is 0 Å². The molecule has 0 spiro atoms. The SMILES string of the molecule is C=CC(c1ccccc1)(C(F)(F)F)C(F)(F)F. The van der Waals surface area contributed by atoms with Crippen molar-refractivity contribution in [3.8, 4) is 0 Å². The monoisotopic (exact) mass is 254 g/mol. The van der Waals surface area contributed by atoms with Gasteiger partial charge in [0.1, 0.15) is 0 Å². The summed E-state index contributed by atoms with van der Waals surface area (Å²) in [6, 6.07) is 5.13. The second-order valence-corrected chi connectivity index (χ2v) is 3.37. The summed E-state index contributed by atoms with van der Waals surface area (Å²) in [5.41, 5.74) is -4.92. The van der Waals surface area contributed by atoms with Crippen molar-refractivity contribution in [2.24, 2.45) is 0 Å². The second kappa shape index (κ2) is 4.09. The minimum absolute atomic E-state index is 0.109. The maximum atomic E-state index is 12.8. The van der Waals surface area contributed by atoms with Gasteiger partial charge in [-0.25, -0.2) is 0 Å². The lowest BCUT2D eigenvalue weighted by Gasteiger charge is -2.35. The van der Waals surface area contributed by atoms with Crippen molar-refractivity contribution in [2.45, 2.75) is 17.8 Å². The average molecular weight is 254 g/mol. The first-order valence-corrected chi connectivity index (χ1v) is 4.49. The van der Waals surface area contributed by atoms with E-state index in [2.05, 4.69) is 6.58 Å². The molecule has 1 rings (SSSR count). The molecular formula is C11H8F6. The van der Waals surface area contributed by atoms with E-state index < -0.39 is 23.3 Å². The molecule has 0 aromatic heterocycles. The fraction of sp³-hybridized carbons (Fsp3) is 0.273. The zero-order valence-electron chi connectivity index (χ0n) is 8.44. The zero-order valence-corrected chi connectivity index (χ0v) is 8.44. The number of benzene rings is 1. The number of hydrogen-bond acceptors (Lipinski definition) is 0. The highest BCUT2D eigenvalue weighted by atomic mass is 19.4. The van der Waals surface area contributed by atoms with Crippen LogP contribution in [0.1, 0.15) is 5.56 Å². The molecule has 0 aliphatic rings. The van der Waals surface area contributed by atoms with Gasteiger partial charge in [-0.3, -0.25) is 0 Å². The van der Waals surface area contributed by atoms with Crippen LogP contribution in [0.2, 0.25) is 0 Å². The van der Waals surface area contributed by atoms with E-state index in [1.54, 1.807) is 0 Å². The summed E-state index contributed by atoms with van der Waals surface area (Å²) in [4.78, 5) is 0. The van der Waals surface area contributed by atoms with Gasteiger partial charge >= 0.3 is 12.4 Å². The highest BCUT2D eigenvalue weighted by Crippen LogP contribution is 2.52. The number of rotatable bonds is 2. The average Bonchev–Trinajstić information content (AvgIpc) is 2.16. The molecule has 0 aliphatic heterocycles. The van der Waals surface area contributed by atoms with Crippen LogP contribution in [0.15, 0.2) is 43.0 Å². The van der Waals surface area contributed by atoms with Crippen LogP contribution in [0.4, 0.5) is 26.3 Å². The molecule has 0 aliphatic carbocycles. The lowest BCUT2D eigenvalue weighted by atomic mass is 9.79. The molecule has 0 heterocycles. The van der Waals surface area contributed by atoms with Gasteiger partial charge in [-0.15, -0.1) is 6.58 Å². The minimum Gasteiger partial charge on any atom is -0.169 e. The lowest BCUT2D eigenvalue weighted by Crippen LogP contribution is -2.52. The Labute approximate surface area is 93.6 Å². The van der Waals surface area contributed by atoms with Crippen LogP contribution in [-0.4, -0.2) is 12.4 Å².